The molecule has 0 spiro atoms. The maximum absolute atomic E-state index is 12.3. The van der Waals surface area contributed by atoms with Crippen LogP contribution in [0.4, 0.5) is 0 Å². The summed E-state index contributed by atoms with van der Waals surface area (Å²) in [7, 11) is 0. The topological polar surface area (TPSA) is 58.6 Å². The lowest BCUT2D eigenvalue weighted by Gasteiger charge is -2.17. The zero-order valence-electron chi connectivity index (χ0n) is 15.0. The fraction of sp³-hybridized carbons (Fsp3) is 0.600. The Labute approximate surface area is 149 Å². The summed E-state index contributed by atoms with van der Waals surface area (Å²) in [6.45, 7) is 5.31. The lowest BCUT2D eigenvalue weighted by Crippen LogP contribution is -2.33. The first-order valence-corrected chi connectivity index (χ1v) is 9.30. The predicted molar refractivity (Wildman–Crippen MR) is 95.9 cm³/mol. The van der Waals surface area contributed by atoms with Gasteiger partial charge in [-0.1, -0.05) is 29.8 Å². The lowest BCUT2D eigenvalue weighted by atomic mass is 10.1. The minimum Gasteiger partial charge on any atom is -0.381 e. The molecule has 0 bridgehead atoms. The van der Waals surface area contributed by atoms with Crippen LogP contribution in [-0.4, -0.2) is 43.0 Å². The van der Waals surface area contributed by atoms with Crippen molar-refractivity contribution in [3.8, 4) is 0 Å². The molecule has 1 aromatic carbocycles. The van der Waals surface area contributed by atoms with Gasteiger partial charge in [-0.15, -0.1) is 0 Å². The maximum atomic E-state index is 12.3. The molecule has 2 fully saturated rings. The van der Waals surface area contributed by atoms with Gasteiger partial charge in [0.2, 0.25) is 11.8 Å². The highest BCUT2D eigenvalue weighted by molar-refractivity contribution is 5.89. The van der Waals surface area contributed by atoms with Crippen LogP contribution in [0.2, 0.25) is 0 Å². The minimum atomic E-state index is -0.231. The van der Waals surface area contributed by atoms with Crippen molar-refractivity contribution in [3.05, 3.63) is 35.4 Å². The largest absolute Gasteiger partial charge is 0.381 e. The molecule has 1 aliphatic carbocycles. The maximum Gasteiger partial charge on any atom is 0.225 e. The van der Waals surface area contributed by atoms with E-state index in [1.54, 1.807) is 4.90 Å². The van der Waals surface area contributed by atoms with Crippen molar-refractivity contribution in [2.45, 2.75) is 39.2 Å². The number of aryl methyl sites for hydroxylation is 1. The molecule has 1 aliphatic heterocycles. The van der Waals surface area contributed by atoms with Gasteiger partial charge in [0.05, 0.1) is 5.92 Å². The average Bonchev–Trinajstić information content (AvgIpc) is 3.35. The average molecular weight is 344 g/mol. The molecule has 0 radical (unpaired) electrons. The molecule has 2 amide bonds. The number of amides is 2. The summed E-state index contributed by atoms with van der Waals surface area (Å²) in [5, 5.41) is 2.94. The SMILES string of the molecule is Cc1ccc(CN2CC(C(=O)NCCCOCC3CC3)CC2=O)cc1. The molecule has 1 saturated carbocycles. The third kappa shape index (κ3) is 5.56. The molecule has 1 N–H and O–H groups in total. The van der Waals surface area contributed by atoms with Crippen molar-refractivity contribution in [1.82, 2.24) is 10.2 Å². The van der Waals surface area contributed by atoms with Crippen LogP contribution in [0.15, 0.2) is 24.3 Å². The van der Waals surface area contributed by atoms with E-state index < -0.39 is 0 Å². The fourth-order valence-electron chi connectivity index (χ4n) is 3.08. The third-order valence-electron chi connectivity index (χ3n) is 4.89. The van der Waals surface area contributed by atoms with Crippen molar-refractivity contribution in [2.24, 2.45) is 11.8 Å². The Morgan fingerprint density at radius 1 is 1.28 bits per heavy atom. The molecular weight excluding hydrogens is 316 g/mol. The molecule has 5 nitrogen and oxygen atoms in total. The summed E-state index contributed by atoms with van der Waals surface area (Å²) in [5.74, 6) is 0.597. The van der Waals surface area contributed by atoms with Crippen molar-refractivity contribution < 1.29 is 14.3 Å². The summed E-state index contributed by atoms with van der Waals surface area (Å²) >= 11 is 0. The predicted octanol–water partition coefficient (Wildman–Crippen LogP) is 2.28. The minimum absolute atomic E-state index is 0.0121. The number of carbonyl (C=O) groups excluding carboxylic acids is 2. The van der Waals surface area contributed by atoms with E-state index in [2.05, 4.69) is 5.32 Å². The van der Waals surface area contributed by atoms with Crippen LogP contribution in [0, 0.1) is 18.8 Å². The second-order valence-electron chi connectivity index (χ2n) is 7.32. The molecule has 1 aromatic rings. The van der Waals surface area contributed by atoms with E-state index in [1.165, 1.54) is 18.4 Å². The van der Waals surface area contributed by atoms with Gasteiger partial charge in [0.15, 0.2) is 0 Å². The molecule has 1 saturated heterocycles. The highest BCUT2D eigenvalue weighted by Gasteiger charge is 2.33. The third-order valence-corrected chi connectivity index (χ3v) is 4.89. The Bertz CT molecular complexity index is 595. The summed E-state index contributed by atoms with van der Waals surface area (Å²) < 4.78 is 5.56. The number of nitrogens with one attached hydrogen (secondary N) is 1. The lowest BCUT2D eigenvalue weighted by molar-refractivity contribution is -0.129. The first kappa shape index (κ1) is 17.9. The Balaban J connectivity index is 1.35. The van der Waals surface area contributed by atoms with E-state index in [0.29, 0.717) is 32.7 Å². The van der Waals surface area contributed by atoms with Crippen LogP contribution >= 0.6 is 0 Å². The standard InChI is InChI=1S/C20H28N2O3/c1-15-3-5-16(6-4-15)12-22-13-18(11-19(22)23)20(24)21-9-2-10-25-14-17-7-8-17/h3-6,17-18H,2,7-14H2,1H3,(H,21,24). The van der Waals surface area contributed by atoms with Crippen LogP contribution in [0.1, 0.15) is 36.8 Å². The van der Waals surface area contributed by atoms with E-state index in [1.807, 2.05) is 31.2 Å². The van der Waals surface area contributed by atoms with Gasteiger partial charge in [-0.25, -0.2) is 0 Å². The number of nitrogens with zero attached hydrogens (tertiary/aromatic N) is 1. The van der Waals surface area contributed by atoms with Gasteiger partial charge in [0.1, 0.15) is 0 Å². The zero-order valence-corrected chi connectivity index (χ0v) is 15.0. The van der Waals surface area contributed by atoms with Gasteiger partial charge in [0.25, 0.3) is 0 Å². The van der Waals surface area contributed by atoms with Gasteiger partial charge in [-0.05, 0) is 37.7 Å². The summed E-state index contributed by atoms with van der Waals surface area (Å²) in [6.07, 6.45) is 3.74. The Hall–Kier alpha value is -1.88. The second-order valence-corrected chi connectivity index (χ2v) is 7.32. The van der Waals surface area contributed by atoms with Crippen LogP contribution in [0.25, 0.3) is 0 Å². The Morgan fingerprint density at radius 2 is 2.04 bits per heavy atom. The van der Waals surface area contributed by atoms with E-state index in [0.717, 1.165) is 24.5 Å². The molecular formula is C20H28N2O3. The van der Waals surface area contributed by atoms with Crippen LogP contribution in [0.3, 0.4) is 0 Å². The van der Waals surface area contributed by atoms with Crippen LogP contribution in [0.5, 0.6) is 0 Å². The van der Waals surface area contributed by atoms with Gasteiger partial charge in [0, 0.05) is 39.3 Å². The number of likely N-dealkylation sites (tertiary alicyclic amines) is 1. The van der Waals surface area contributed by atoms with Crippen LogP contribution in [-0.2, 0) is 20.9 Å². The Kier molecular flexibility index (Phi) is 6.08. The number of rotatable bonds is 9. The summed E-state index contributed by atoms with van der Waals surface area (Å²) in [6, 6.07) is 8.17. The van der Waals surface area contributed by atoms with E-state index in [-0.39, 0.29) is 17.7 Å². The first-order chi connectivity index (χ1) is 12.1. The summed E-state index contributed by atoms with van der Waals surface area (Å²) in [4.78, 5) is 26.2. The van der Waals surface area contributed by atoms with E-state index in [4.69, 9.17) is 4.74 Å². The molecule has 3 rings (SSSR count). The fourth-order valence-corrected chi connectivity index (χ4v) is 3.08. The van der Waals surface area contributed by atoms with E-state index in [9.17, 15) is 9.59 Å². The van der Waals surface area contributed by atoms with E-state index >= 15 is 0 Å². The number of benzene rings is 1. The molecule has 1 heterocycles. The van der Waals surface area contributed by atoms with Crippen molar-refractivity contribution in [1.29, 1.82) is 0 Å². The normalized spacial score (nSPS) is 20.1. The second kappa shape index (κ2) is 8.48. The van der Waals surface area contributed by atoms with Crippen molar-refractivity contribution in [3.63, 3.8) is 0 Å². The molecule has 5 heteroatoms. The van der Waals surface area contributed by atoms with Gasteiger partial charge in [-0.3, -0.25) is 9.59 Å². The van der Waals surface area contributed by atoms with Crippen molar-refractivity contribution in [2.75, 3.05) is 26.3 Å². The smallest absolute Gasteiger partial charge is 0.225 e. The van der Waals surface area contributed by atoms with Gasteiger partial charge < -0.3 is 15.0 Å². The highest BCUT2D eigenvalue weighted by atomic mass is 16.5. The molecule has 136 valence electrons. The zero-order chi connectivity index (χ0) is 17.6. The molecule has 2 aliphatic rings. The number of hydrogen-bond acceptors (Lipinski definition) is 3. The Morgan fingerprint density at radius 3 is 2.76 bits per heavy atom. The number of hydrogen-bond donors (Lipinski definition) is 1. The molecule has 1 atom stereocenters. The van der Waals surface area contributed by atoms with Gasteiger partial charge >= 0.3 is 0 Å². The number of ether oxygens (including phenoxy) is 1. The molecule has 0 aromatic heterocycles. The number of carbonyl (C=O) groups is 2. The highest BCUT2D eigenvalue weighted by Crippen LogP contribution is 2.28. The van der Waals surface area contributed by atoms with Crippen molar-refractivity contribution >= 4 is 11.8 Å². The molecule has 1 unspecified atom stereocenters. The first-order valence-electron chi connectivity index (χ1n) is 9.30. The quantitative estimate of drug-likeness (QED) is 0.699. The summed E-state index contributed by atoms with van der Waals surface area (Å²) in [5.41, 5.74) is 2.31. The molecule has 25 heavy (non-hydrogen) atoms. The monoisotopic (exact) mass is 344 g/mol. The van der Waals surface area contributed by atoms with Gasteiger partial charge in [-0.2, -0.15) is 0 Å². The van der Waals surface area contributed by atoms with Crippen LogP contribution < -0.4 is 5.32 Å².